The van der Waals surface area contributed by atoms with Gasteiger partial charge in [-0.1, -0.05) is 0 Å². The average molecular weight is 198 g/mol. The van der Waals surface area contributed by atoms with Crippen molar-refractivity contribution in [3.8, 4) is 0 Å². The first-order chi connectivity index (χ1) is 6.45. The highest BCUT2D eigenvalue weighted by molar-refractivity contribution is 5.69. The summed E-state index contributed by atoms with van der Waals surface area (Å²) in [5, 5.41) is 24.5. The molecule has 0 saturated heterocycles. The third kappa shape index (κ3) is 1.56. The van der Waals surface area contributed by atoms with Gasteiger partial charge in [0.15, 0.2) is 0 Å². The van der Waals surface area contributed by atoms with E-state index in [-0.39, 0.29) is 11.4 Å². The number of hydrogen-bond donors (Lipinski definition) is 0. The third-order valence-corrected chi connectivity index (χ3v) is 1.92. The fourth-order valence-electron chi connectivity index (χ4n) is 1.08. The van der Waals surface area contributed by atoms with Crippen LogP contribution in [-0.4, -0.2) is 20.7 Å². The standard InChI is InChI=1S/C7H9N3O4/c1-4-6(10(13)14)3-8-9(4)5(2)7(11)12/h3,5H,1-2H3,(H,11,12)/p-1/t5-/m1/s1. The molecule has 7 nitrogen and oxygen atoms in total. The van der Waals surface area contributed by atoms with E-state index in [9.17, 15) is 20.0 Å². The van der Waals surface area contributed by atoms with Crippen LogP contribution >= 0.6 is 0 Å². The van der Waals surface area contributed by atoms with E-state index in [1.807, 2.05) is 0 Å². The van der Waals surface area contributed by atoms with Crippen LogP contribution in [0.15, 0.2) is 6.20 Å². The molecule has 0 aliphatic carbocycles. The van der Waals surface area contributed by atoms with Gasteiger partial charge in [-0.2, -0.15) is 5.10 Å². The van der Waals surface area contributed by atoms with Gasteiger partial charge >= 0.3 is 5.69 Å². The summed E-state index contributed by atoms with van der Waals surface area (Å²) in [5.41, 5.74) is 0.00444. The van der Waals surface area contributed by atoms with Gasteiger partial charge in [0.2, 0.25) is 0 Å². The van der Waals surface area contributed by atoms with Crippen molar-refractivity contribution >= 4 is 11.7 Å². The van der Waals surface area contributed by atoms with Gasteiger partial charge in [0, 0.05) is 0 Å². The van der Waals surface area contributed by atoms with Crippen molar-refractivity contribution in [3.05, 3.63) is 22.0 Å². The lowest BCUT2D eigenvalue weighted by molar-refractivity contribution is -0.385. The molecule has 0 aromatic carbocycles. The van der Waals surface area contributed by atoms with E-state index in [2.05, 4.69) is 5.10 Å². The van der Waals surface area contributed by atoms with Gasteiger partial charge in [0.05, 0.1) is 16.9 Å². The van der Waals surface area contributed by atoms with E-state index < -0.39 is 16.9 Å². The van der Waals surface area contributed by atoms with Crippen LogP contribution in [-0.2, 0) is 4.79 Å². The molecule has 0 spiro atoms. The van der Waals surface area contributed by atoms with Crippen molar-refractivity contribution in [2.75, 3.05) is 0 Å². The number of carbonyl (C=O) groups is 1. The highest BCUT2D eigenvalue weighted by Crippen LogP contribution is 2.19. The number of aliphatic carboxylic acids is 1. The van der Waals surface area contributed by atoms with Gasteiger partial charge in [-0.3, -0.25) is 14.8 Å². The van der Waals surface area contributed by atoms with Crippen molar-refractivity contribution < 1.29 is 14.8 Å². The van der Waals surface area contributed by atoms with Gasteiger partial charge in [0.25, 0.3) is 0 Å². The third-order valence-electron chi connectivity index (χ3n) is 1.92. The van der Waals surface area contributed by atoms with Gasteiger partial charge in [0.1, 0.15) is 11.9 Å². The Morgan fingerprint density at radius 1 is 1.71 bits per heavy atom. The molecule has 1 aromatic rings. The van der Waals surface area contributed by atoms with Crippen LogP contribution in [0.1, 0.15) is 18.7 Å². The van der Waals surface area contributed by atoms with Crippen molar-refractivity contribution in [2.24, 2.45) is 0 Å². The summed E-state index contributed by atoms with van der Waals surface area (Å²) < 4.78 is 1.05. The van der Waals surface area contributed by atoms with Crippen LogP contribution in [0.5, 0.6) is 0 Å². The van der Waals surface area contributed by atoms with E-state index in [1.165, 1.54) is 13.8 Å². The zero-order valence-electron chi connectivity index (χ0n) is 7.63. The Morgan fingerprint density at radius 2 is 2.29 bits per heavy atom. The number of rotatable bonds is 3. The second-order valence-electron chi connectivity index (χ2n) is 2.81. The van der Waals surface area contributed by atoms with Crippen LogP contribution < -0.4 is 5.11 Å². The Morgan fingerprint density at radius 3 is 2.64 bits per heavy atom. The van der Waals surface area contributed by atoms with Gasteiger partial charge in [-0.15, -0.1) is 0 Å². The second-order valence-corrected chi connectivity index (χ2v) is 2.81. The Bertz CT molecular complexity index is 384. The van der Waals surface area contributed by atoms with E-state index in [1.54, 1.807) is 0 Å². The molecule has 0 saturated carbocycles. The molecule has 0 aliphatic rings. The van der Waals surface area contributed by atoms with Crippen LogP contribution in [0.2, 0.25) is 0 Å². The molecule has 0 N–H and O–H groups in total. The predicted molar refractivity (Wildman–Crippen MR) is 43.3 cm³/mol. The minimum Gasteiger partial charge on any atom is -0.548 e. The molecule has 0 fully saturated rings. The maximum atomic E-state index is 10.5. The zero-order valence-corrected chi connectivity index (χ0v) is 7.63. The number of carbonyl (C=O) groups excluding carboxylic acids is 1. The molecule has 0 aliphatic heterocycles. The fourth-order valence-corrected chi connectivity index (χ4v) is 1.08. The SMILES string of the molecule is Cc1c([N+](=O)[O-])cnn1[C@H](C)C(=O)[O-]. The molecular weight excluding hydrogens is 190 g/mol. The molecular formula is C7H8N3O4-. The molecule has 0 radical (unpaired) electrons. The number of aromatic nitrogens is 2. The molecule has 7 heteroatoms. The summed E-state index contributed by atoms with van der Waals surface area (Å²) >= 11 is 0. The summed E-state index contributed by atoms with van der Waals surface area (Å²) in [4.78, 5) is 20.3. The number of carboxylic acids is 1. The largest absolute Gasteiger partial charge is 0.548 e. The number of hydrogen-bond acceptors (Lipinski definition) is 5. The van der Waals surface area contributed by atoms with E-state index in [0.717, 1.165) is 10.9 Å². The summed E-state index contributed by atoms with van der Waals surface area (Å²) in [6.45, 7) is 2.78. The van der Waals surface area contributed by atoms with Crippen molar-refractivity contribution in [3.63, 3.8) is 0 Å². The van der Waals surface area contributed by atoms with Crippen molar-refractivity contribution in [1.82, 2.24) is 9.78 Å². The minimum atomic E-state index is -1.33. The Balaban J connectivity index is 3.13. The predicted octanol–water partition coefficient (Wildman–Crippen LogP) is -0.589. The Hall–Kier alpha value is -1.92. The first-order valence-corrected chi connectivity index (χ1v) is 3.84. The Labute approximate surface area is 79.1 Å². The molecule has 0 amide bonds. The highest BCUT2D eigenvalue weighted by atomic mass is 16.6. The molecule has 1 heterocycles. The van der Waals surface area contributed by atoms with Crippen LogP contribution in [0, 0.1) is 17.0 Å². The summed E-state index contributed by atoms with van der Waals surface area (Å²) in [6.07, 6.45) is 1.02. The topological polar surface area (TPSA) is 101 Å². The number of nitrogens with zero attached hydrogens (tertiary/aromatic N) is 3. The molecule has 1 atom stereocenters. The molecule has 14 heavy (non-hydrogen) atoms. The van der Waals surface area contributed by atoms with Gasteiger partial charge in [-0.25, -0.2) is 0 Å². The summed E-state index contributed by atoms with van der Waals surface area (Å²) in [6, 6.07) is -1.01. The average Bonchev–Trinajstić information content (AvgIpc) is 2.45. The minimum absolute atomic E-state index is 0.196. The zero-order chi connectivity index (χ0) is 10.9. The van der Waals surface area contributed by atoms with Crippen LogP contribution in [0.25, 0.3) is 0 Å². The summed E-state index contributed by atoms with van der Waals surface area (Å²) in [7, 11) is 0. The lowest BCUT2D eigenvalue weighted by Gasteiger charge is -2.13. The van der Waals surface area contributed by atoms with E-state index in [4.69, 9.17) is 0 Å². The molecule has 1 rings (SSSR count). The maximum absolute atomic E-state index is 10.5. The normalized spacial score (nSPS) is 12.4. The molecule has 1 aromatic heterocycles. The summed E-state index contributed by atoms with van der Waals surface area (Å²) in [5.74, 6) is -1.33. The second kappa shape index (κ2) is 3.44. The number of nitro groups is 1. The van der Waals surface area contributed by atoms with Crippen molar-refractivity contribution in [1.29, 1.82) is 0 Å². The Kier molecular flexibility index (Phi) is 2.50. The van der Waals surface area contributed by atoms with Crippen LogP contribution in [0.4, 0.5) is 5.69 Å². The van der Waals surface area contributed by atoms with Gasteiger partial charge < -0.3 is 9.90 Å². The van der Waals surface area contributed by atoms with E-state index >= 15 is 0 Å². The quantitative estimate of drug-likeness (QED) is 0.477. The first kappa shape index (κ1) is 10.2. The fraction of sp³-hybridized carbons (Fsp3) is 0.429. The first-order valence-electron chi connectivity index (χ1n) is 3.84. The molecule has 76 valence electrons. The van der Waals surface area contributed by atoms with Gasteiger partial charge in [-0.05, 0) is 13.8 Å². The molecule has 0 bridgehead atoms. The lowest BCUT2D eigenvalue weighted by atomic mass is 10.3. The van der Waals surface area contributed by atoms with Crippen molar-refractivity contribution in [2.45, 2.75) is 19.9 Å². The molecule has 0 unspecified atom stereocenters. The lowest BCUT2D eigenvalue weighted by Crippen LogP contribution is -2.32. The van der Waals surface area contributed by atoms with E-state index in [0.29, 0.717) is 0 Å². The highest BCUT2D eigenvalue weighted by Gasteiger charge is 2.19. The monoisotopic (exact) mass is 198 g/mol. The van der Waals surface area contributed by atoms with Crippen LogP contribution in [0.3, 0.4) is 0 Å². The number of carboxylic acid groups (broad SMARTS) is 1. The maximum Gasteiger partial charge on any atom is 0.309 e. The smallest absolute Gasteiger partial charge is 0.309 e.